The Morgan fingerprint density at radius 2 is 2.12 bits per heavy atom. The van der Waals surface area contributed by atoms with E-state index in [1.165, 1.54) is 18.4 Å². The summed E-state index contributed by atoms with van der Waals surface area (Å²) in [6.45, 7) is 4.27. The lowest BCUT2D eigenvalue weighted by atomic mass is 10.1. The minimum absolute atomic E-state index is 0.839. The van der Waals surface area contributed by atoms with E-state index in [2.05, 4.69) is 47.6 Å². The van der Waals surface area contributed by atoms with E-state index in [4.69, 9.17) is 0 Å². The summed E-state index contributed by atoms with van der Waals surface area (Å²) in [5, 5.41) is 11.8. The van der Waals surface area contributed by atoms with Gasteiger partial charge in [-0.2, -0.15) is 4.68 Å². The Balaban J connectivity index is 2.26. The molecule has 2 rings (SSSR count). The van der Waals surface area contributed by atoms with Crippen LogP contribution in [0.1, 0.15) is 38.1 Å². The van der Waals surface area contributed by atoms with Crippen LogP contribution in [0.15, 0.2) is 24.3 Å². The molecule has 0 saturated carbocycles. The van der Waals surface area contributed by atoms with Crippen molar-refractivity contribution in [2.75, 3.05) is 0 Å². The lowest BCUT2D eigenvalue weighted by Crippen LogP contribution is -2.02. The Bertz CT molecular complexity index is 476. The number of rotatable bonds is 5. The molecule has 0 fully saturated rings. The molecular formula is C13H18N4. The lowest BCUT2D eigenvalue weighted by Gasteiger charge is -2.05. The van der Waals surface area contributed by atoms with Crippen LogP contribution in [0.25, 0.3) is 5.69 Å². The highest BCUT2D eigenvalue weighted by atomic mass is 15.5. The highest BCUT2D eigenvalue weighted by Gasteiger charge is 2.06. The van der Waals surface area contributed by atoms with E-state index in [0.717, 1.165) is 24.4 Å². The summed E-state index contributed by atoms with van der Waals surface area (Å²) in [7, 11) is 0. The summed E-state index contributed by atoms with van der Waals surface area (Å²) in [5.41, 5.74) is 2.40. The molecule has 0 aliphatic carbocycles. The van der Waals surface area contributed by atoms with Crippen LogP contribution in [-0.2, 0) is 12.8 Å². The molecule has 1 aromatic carbocycles. The standard InChI is InChI=1S/C13H18N4/c1-3-5-7-11-8-6-9-12(10-11)17-13(4-2)14-15-16-17/h6,8-10H,3-5,7H2,1-2H3. The summed E-state index contributed by atoms with van der Waals surface area (Å²) < 4.78 is 1.81. The van der Waals surface area contributed by atoms with E-state index in [-0.39, 0.29) is 0 Å². The van der Waals surface area contributed by atoms with Crippen molar-refractivity contribution in [1.29, 1.82) is 0 Å². The van der Waals surface area contributed by atoms with Gasteiger partial charge >= 0.3 is 0 Å². The topological polar surface area (TPSA) is 43.6 Å². The van der Waals surface area contributed by atoms with Gasteiger partial charge in [0.05, 0.1) is 5.69 Å². The SMILES string of the molecule is CCCCc1cccc(-n2nnnc2CC)c1. The highest BCUT2D eigenvalue weighted by Crippen LogP contribution is 2.13. The third-order valence-electron chi connectivity index (χ3n) is 2.82. The van der Waals surface area contributed by atoms with E-state index < -0.39 is 0 Å². The van der Waals surface area contributed by atoms with Crippen LogP contribution < -0.4 is 0 Å². The molecule has 0 atom stereocenters. The minimum atomic E-state index is 0.839. The van der Waals surface area contributed by atoms with Gasteiger partial charge in [-0.05, 0) is 41.0 Å². The van der Waals surface area contributed by atoms with Gasteiger partial charge < -0.3 is 0 Å². The second kappa shape index (κ2) is 5.57. The monoisotopic (exact) mass is 230 g/mol. The van der Waals surface area contributed by atoms with Crippen molar-refractivity contribution in [2.45, 2.75) is 39.5 Å². The van der Waals surface area contributed by atoms with Gasteiger partial charge in [0, 0.05) is 6.42 Å². The van der Waals surface area contributed by atoms with Gasteiger partial charge in [0.25, 0.3) is 0 Å². The Morgan fingerprint density at radius 1 is 1.24 bits per heavy atom. The third kappa shape index (κ3) is 2.70. The summed E-state index contributed by atoms with van der Waals surface area (Å²) in [4.78, 5) is 0. The first-order chi connectivity index (χ1) is 8.35. The number of nitrogens with zero attached hydrogens (tertiary/aromatic N) is 4. The largest absolute Gasteiger partial charge is 0.197 e. The van der Waals surface area contributed by atoms with Gasteiger partial charge in [-0.3, -0.25) is 0 Å². The summed E-state index contributed by atoms with van der Waals surface area (Å²) in [6, 6.07) is 8.45. The average molecular weight is 230 g/mol. The number of benzene rings is 1. The maximum atomic E-state index is 4.03. The lowest BCUT2D eigenvalue weighted by molar-refractivity contribution is 0.760. The number of aromatic nitrogens is 4. The normalized spacial score (nSPS) is 10.7. The maximum absolute atomic E-state index is 4.03. The first-order valence-corrected chi connectivity index (χ1v) is 6.21. The van der Waals surface area contributed by atoms with Crippen LogP contribution in [0.5, 0.6) is 0 Å². The van der Waals surface area contributed by atoms with Gasteiger partial charge in [-0.15, -0.1) is 5.10 Å². The fourth-order valence-electron chi connectivity index (χ4n) is 1.85. The van der Waals surface area contributed by atoms with Crippen LogP contribution in [0.4, 0.5) is 0 Å². The Kier molecular flexibility index (Phi) is 3.85. The van der Waals surface area contributed by atoms with E-state index >= 15 is 0 Å². The molecule has 90 valence electrons. The number of hydrogen-bond donors (Lipinski definition) is 0. The summed E-state index contributed by atoms with van der Waals surface area (Å²) >= 11 is 0. The van der Waals surface area contributed by atoms with Gasteiger partial charge in [-0.1, -0.05) is 32.4 Å². The average Bonchev–Trinajstić information content (AvgIpc) is 2.85. The van der Waals surface area contributed by atoms with Gasteiger partial charge in [0.15, 0.2) is 5.82 Å². The van der Waals surface area contributed by atoms with Crippen LogP contribution in [0, 0.1) is 0 Å². The molecule has 17 heavy (non-hydrogen) atoms. The van der Waals surface area contributed by atoms with Crippen LogP contribution in [-0.4, -0.2) is 20.2 Å². The van der Waals surface area contributed by atoms with Crippen molar-refractivity contribution >= 4 is 0 Å². The Morgan fingerprint density at radius 3 is 2.88 bits per heavy atom. The zero-order chi connectivity index (χ0) is 12.1. The summed E-state index contributed by atoms with van der Waals surface area (Å²) in [5.74, 6) is 0.901. The summed E-state index contributed by atoms with van der Waals surface area (Å²) in [6.07, 6.45) is 4.40. The molecule has 0 N–H and O–H groups in total. The predicted molar refractivity (Wildman–Crippen MR) is 67.1 cm³/mol. The molecule has 4 heteroatoms. The second-order valence-electron chi connectivity index (χ2n) is 4.13. The van der Waals surface area contributed by atoms with Crippen molar-refractivity contribution < 1.29 is 0 Å². The Hall–Kier alpha value is -1.71. The van der Waals surface area contributed by atoms with Gasteiger partial charge in [-0.25, -0.2) is 0 Å². The Labute approximate surface area is 102 Å². The van der Waals surface area contributed by atoms with Crippen molar-refractivity contribution in [3.8, 4) is 5.69 Å². The van der Waals surface area contributed by atoms with Crippen molar-refractivity contribution in [3.05, 3.63) is 35.7 Å². The van der Waals surface area contributed by atoms with Crippen molar-refractivity contribution in [2.24, 2.45) is 0 Å². The molecule has 0 bridgehead atoms. The number of tetrazole rings is 1. The molecule has 0 radical (unpaired) electrons. The molecule has 0 unspecified atom stereocenters. The molecule has 2 aromatic rings. The molecule has 0 amide bonds. The van der Waals surface area contributed by atoms with E-state index in [1.54, 1.807) is 0 Å². The molecule has 0 aliphatic rings. The first-order valence-electron chi connectivity index (χ1n) is 6.21. The number of aryl methyl sites for hydroxylation is 2. The number of unbranched alkanes of at least 4 members (excludes halogenated alkanes) is 1. The zero-order valence-corrected chi connectivity index (χ0v) is 10.4. The van der Waals surface area contributed by atoms with Crippen molar-refractivity contribution in [1.82, 2.24) is 20.2 Å². The zero-order valence-electron chi connectivity index (χ0n) is 10.4. The first kappa shape index (κ1) is 11.8. The van der Waals surface area contributed by atoms with Crippen LogP contribution >= 0.6 is 0 Å². The third-order valence-corrected chi connectivity index (χ3v) is 2.82. The van der Waals surface area contributed by atoms with Crippen LogP contribution in [0.3, 0.4) is 0 Å². The molecule has 1 heterocycles. The fourth-order valence-corrected chi connectivity index (χ4v) is 1.85. The molecule has 0 spiro atoms. The predicted octanol–water partition coefficient (Wildman–Crippen LogP) is 2.57. The molecule has 0 aliphatic heterocycles. The van der Waals surface area contributed by atoms with Crippen LogP contribution in [0.2, 0.25) is 0 Å². The molecule has 0 saturated heterocycles. The van der Waals surface area contributed by atoms with Gasteiger partial charge in [0.1, 0.15) is 0 Å². The molecule has 1 aromatic heterocycles. The van der Waals surface area contributed by atoms with E-state index in [1.807, 2.05) is 10.7 Å². The second-order valence-corrected chi connectivity index (χ2v) is 4.13. The highest BCUT2D eigenvalue weighted by molar-refractivity contribution is 5.35. The molecular weight excluding hydrogens is 212 g/mol. The van der Waals surface area contributed by atoms with Crippen molar-refractivity contribution in [3.63, 3.8) is 0 Å². The quantitative estimate of drug-likeness (QED) is 0.793. The smallest absolute Gasteiger partial charge is 0.156 e. The van der Waals surface area contributed by atoms with Gasteiger partial charge in [0.2, 0.25) is 0 Å². The molecule has 4 nitrogen and oxygen atoms in total. The number of hydrogen-bond acceptors (Lipinski definition) is 3. The maximum Gasteiger partial charge on any atom is 0.156 e. The van der Waals surface area contributed by atoms with E-state index in [9.17, 15) is 0 Å². The fraction of sp³-hybridized carbons (Fsp3) is 0.462. The van der Waals surface area contributed by atoms with E-state index in [0.29, 0.717) is 0 Å². The minimum Gasteiger partial charge on any atom is -0.197 e.